The maximum atomic E-state index is 11.7. The Morgan fingerprint density at radius 2 is 2.00 bits per heavy atom. The van der Waals surface area contributed by atoms with Crippen LogP contribution in [0.1, 0.15) is 17.7 Å². The Bertz CT molecular complexity index is 694. The molecule has 0 unspecified atom stereocenters. The van der Waals surface area contributed by atoms with Gasteiger partial charge in [-0.15, -0.1) is 0 Å². The summed E-state index contributed by atoms with van der Waals surface area (Å²) in [4.78, 5) is 15.6. The second-order valence-electron chi connectivity index (χ2n) is 4.45. The number of oxazole rings is 1. The Labute approximate surface area is 122 Å². The highest BCUT2D eigenvalue weighted by Crippen LogP contribution is 2.08. The third-order valence-electron chi connectivity index (χ3n) is 2.83. The first-order valence-electron chi connectivity index (χ1n) is 6.20. The zero-order valence-electron chi connectivity index (χ0n) is 11.2. The van der Waals surface area contributed by atoms with Crippen molar-refractivity contribution in [1.29, 1.82) is 0 Å². The van der Waals surface area contributed by atoms with Gasteiger partial charge in [0, 0.05) is 19.4 Å². The lowest BCUT2D eigenvalue weighted by molar-refractivity contribution is -0.121. The van der Waals surface area contributed by atoms with Gasteiger partial charge in [0.05, 0.1) is 10.6 Å². The highest BCUT2D eigenvalue weighted by molar-refractivity contribution is 7.89. The van der Waals surface area contributed by atoms with Crippen molar-refractivity contribution in [1.82, 2.24) is 10.3 Å². The van der Waals surface area contributed by atoms with E-state index in [2.05, 4.69) is 10.3 Å². The summed E-state index contributed by atoms with van der Waals surface area (Å²) in [7, 11) is -3.69. The Morgan fingerprint density at radius 1 is 1.29 bits per heavy atom. The number of primary sulfonamides is 1. The molecule has 0 aliphatic carbocycles. The van der Waals surface area contributed by atoms with Gasteiger partial charge in [0.2, 0.25) is 15.9 Å². The number of aromatic nitrogens is 1. The fourth-order valence-electron chi connectivity index (χ4n) is 1.69. The molecule has 112 valence electrons. The number of hydrogen-bond acceptors (Lipinski definition) is 5. The number of carbonyl (C=O) groups excluding carboxylic acids is 1. The number of carbonyl (C=O) groups is 1. The van der Waals surface area contributed by atoms with Crippen molar-refractivity contribution in [2.75, 3.05) is 0 Å². The van der Waals surface area contributed by atoms with Crippen LogP contribution in [-0.4, -0.2) is 19.3 Å². The molecule has 0 radical (unpaired) electrons. The SMILES string of the molecule is NS(=O)(=O)c1ccc(CNC(=O)CCc2cocn2)cc1. The minimum Gasteiger partial charge on any atom is -0.451 e. The number of nitrogens with two attached hydrogens (primary N) is 1. The summed E-state index contributed by atoms with van der Waals surface area (Å²) in [5.74, 6) is -0.117. The van der Waals surface area contributed by atoms with E-state index in [9.17, 15) is 13.2 Å². The van der Waals surface area contributed by atoms with Gasteiger partial charge in [0.1, 0.15) is 6.26 Å². The summed E-state index contributed by atoms with van der Waals surface area (Å²) in [6.07, 6.45) is 3.63. The molecular formula is C13H15N3O4S. The molecule has 3 N–H and O–H groups in total. The molecule has 8 heteroatoms. The van der Waals surface area contributed by atoms with Gasteiger partial charge in [-0.25, -0.2) is 18.5 Å². The van der Waals surface area contributed by atoms with Crippen LogP contribution in [-0.2, 0) is 27.8 Å². The molecule has 21 heavy (non-hydrogen) atoms. The van der Waals surface area contributed by atoms with E-state index < -0.39 is 10.0 Å². The van der Waals surface area contributed by atoms with Crippen LogP contribution < -0.4 is 10.5 Å². The van der Waals surface area contributed by atoms with E-state index in [1.807, 2.05) is 0 Å². The standard InChI is InChI=1S/C13H15N3O4S/c14-21(18,19)12-4-1-10(2-5-12)7-15-13(17)6-3-11-8-20-9-16-11/h1-2,4-5,8-9H,3,6-7H2,(H,15,17)(H2,14,18,19). The summed E-state index contributed by atoms with van der Waals surface area (Å²) in [5, 5.41) is 7.75. The monoisotopic (exact) mass is 309 g/mol. The molecule has 0 saturated carbocycles. The third kappa shape index (κ3) is 4.69. The van der Waals surface area contributed by atoms with Crippen molar-refractivity contribution in [2.24, 2.45) is 5.14 Å². The fraction of sp³-hybridized carbons (Fsp3) is 0.231. The number of sulfonamides is 1. The Balaban J connectivity index is 1.81. The molecule has 0 spiro atoms. The summed E-state index contributed by atoms with van der Waals surface area (Å²) in [5.41, 5.74) is 1.51. The van der Waals surface area contributed by atoms with E-state index >= 15 is 0 Å². The van der Waals surface area contributed by atoms with Crippen LogP contribution in [0.15, 0.2) is 46.2 Å². The van der Waals surface area contributed by atoms with E-state index in [1.54, 1.807) is 12.1 Å². The molecule has 7 nitrogen and oxygen atoms in total. The lowest BCUT2D eigenvalue weighted by Gasteiger charge is -2.05. The van der Waals surface area contributed by atoms with Crippen molar-refractivity contribution in [3.63, 3.8) is 0 Å². The largest absolute Gasteiger partial charge is 0.451 e. The van der Waals surface area contributed by atoms with Gasteiger partial charge in [0.15, 0.2) is 6.39 Å². The van der Waals surface area contributed by atoms with Crippen molar-refractivity contribution in [2.45, 2.75) is 24.3 Å². The summed E-state index contributed by atoms with van der Waals surface area (Å²) < 4.78 is 27.0. The molecule has 1 aromatic heterocycles. The van der Waals surface area contributed by atoms with Gasteiger partial charge in [-0.3, -0.25) is 4.79 Å². The smallest absolute Gasteiger partial charge is 0.238 e. The maximum absolute atomic E-state index is 11.7. The number of benzene rings is 1. The van der Waals surface area contributed by atoms with Crippen LogP contribution in [0, 0.1) is 0 Å². The third-order valence-corrected chi connectivity index (χ3v) is 3.76. The van der Waals surface area contributed by atoms with Crippen molar-refractivity contribution in [3.8, 4) is 0 Å². The van der Waals surface area contributed by atoms with Crippen molar-refractivity contribution >= 4 is 15.9 Å². The Kier molecular flexibility index (Phi) is 4.71. The van der Waals surface area contributed by atoms with E-state index in [1.165, 1.54) is 24.8 Å². The van der Waals surface area contributed by atoms with Crippen LogP contribution in [0.3, 0.4) is 0 Å². The zero-order valence-corrected chi connectivity index (χ0v) is 12.0. The second kappa shape index (κ2) is 6.51. The predicted molar refractivity (Wildman–Crippen MR) is 74.5 cm³/mol. The summed E-state index contributed by atoms with van der Waals surface area (Å²) in [6.45, 7) is 0.322. The lowest BCUT2D eigenvalue weighted by atomic mass is 10.2. The number of nitrogens with one attached hydrogen (secondary N) is 1. The average Bonchev–Trinajstić information content (AvgIpc) is 2.95. The number of rotatable bonds is 6. The van der Waals surface area contributed by atoms with Gasteiger partial charge >= 0.3 is 0 Å². The van der Waals surface area contributed by atoms with E-state index in [4.69, 9.17) is 9.56 Å². The highest BCUT2D eigenvalue weighted by atomic mass is 32.2. The second-order valence-corrected chi connectivity index (χ2v) is 6.01. The zero-order chi connectivity index (χ0) is 15.3. The number of hydrogen-bond donors (Lipinski definition) is 2. The first-order valence-corrected chi connectivity index (χ1v) is 7.75. The molecule has 2 aromatic rings. The topological polar surface area (TPSA) is 115 Å². The first-order chi connectivity index (χ1) is 9.95. The predicted octanol–water partition coefficient (Wildman–Crippen LogP) is 0.571. The number of nitrogens with zero attached hydrogens (tertiary/aromatic N) is 1. The van der Waals surface area contributed by atoms with E-state index in [0.717, 1.165) is 11.3 Å². The van der Waals surface area contributed by atoms with E-state index in [0.29, 0.717) is 19.4 Å². The molecule has 1 amide bonds. The fourth-order valence-corrected chi connectivity index (χ4v) is 2.20. The lowest BCUT2D eigenvalue weighted by Crippen LogP contribution is -2.23. The van der Waals surface area contributed by atoms with Crippen LogP contribution >= 0.6 is 0 Å². The van der Waals surface area contributed by atoms with E-state index in [-0.39, 0.29) is 10.8 Å². The van der Waals surface area contributed by atoms with Gasteiger partial charge in [0.25, 0.3) is 0 Å². The van der Waals surface area contributed by atoms with Crippen molar-refractivity contribution < 1.29 is 17.6 Å². The molecule has 0 aliphatic rings. The quantitative estimate of drug-likeness (QED) is 0.809. The van der Waals surface area contributed by atoms with Gasteiger partial charge in [-0.2, -0.15) is 0 Å². The molecule has 0 bridgehead atoms. The van der Waals surface area contributed by atoms with Crippen molar-refractivity contribution in [3.05, 3.63) is 48.2 Å². The summed E-state index contributed by atoms with van der Waals surface area (Å²) in [6, 6.07) is 6.04. The minimum absolute atomic E-state index is 0.0450. The Morgan fingerprint density at radius 3 is 2.57 bits per heavy atom. The number of aryl methyl sites for hydroxylation is 1. The maximum Gasteiger partial charge on any atom is 0.238 e. The molecule has 0 atom stereocenters. The molecule has 1 heterocycles. The van der Waals surface area contributed by atoms with Gasteiger partial charge in [-0.05, 0) is 17.7 Å². The molecule has 1 aromatic carbocycles. The summed E-state index contributed by atoms with van der Waals surface area (Å²) >= 11 is 0. The molecule has 2 rings (SSSR count). The van der Waals surface area contributed by atoms with Gasteiger partial charge in [-0.1, -0.05) is 12.1 Å². The highest BCUT2D eigenvalue weighted by Gasteiger charge is 2.07. The molecule has 0 saturated heterocycles. The van der Waals surface area contributed by atoms with Crippen LogP contribution in [0.5, 0.6) is 0 Å². The van der Waals surface area contributed by atoms with Gasteiger partial charge < -0.3 is 9.73 Å². The van der Waals surface area contributed by atoms with Crippen LogP contribution in [0.25, 0.3) is 0 Å². The molecule has 0 fully saturated rings. The van der Waals surface area contributed by atoms with Crippen LogP contribution in [0.2, 0.25) is 0 Å². The molecule has 0 aliphatic heterocycles. The minimum atomic E-state index is -3.69. The normalized spacial score (nSPS) is 11.3. The Hall–Kier alpha value is -2.19. The number of amides is 1. The average molecular weight is 309 g/mol. The van der Waals surface area contributed by atoms with Crippen LogP contribution in [0.4, 0.5) is 0 Å². The first kappa shape index (κ1) is 15.2. The molecular weight excluding hydrogens is 294 g/mol.